The number of hydrogen-bond acceptors (Lipinski definition) is 5. The highest BCUT2D eigenvalue weighted by atomic mass is 16.6. The number of anilines is 1. The first-order valence-corrected chi connectivity index (χ1v) is 5.53. The van der Waals surface area contributed by atoms with Crippen LogP contribution in [0.2, 0.25) is 0 Å². The average Bonchev–Trinajstić information content (AvgIpc) is 2.60. The summed E-state index contributed by atoms with van der Waals surface area (Å²) >= 11 is 0. The van der Waals surface area contributed by atoms with E-state index in [4.69, 9.17) is 5.11 Å². The van der Waals surface area contributed by atoms with E-state index in [2.05, 4.69) is 5.10 Å². The van der Waals surface area contributed by atoms with Gasteiger partial charge in [0.1, 0.15) is 6.20 Å². The lowest BCUT2D eigenvalue weighted by Gasteiger charge is -2.26. The number of carboxylic acids is 1. The molecule has 1 unspecified atom stereocenters. The number of nitro groups is 1. The van der Waals surface area contributed by atoms with E-state index in [0.717, 1.165) is 0 Å². The molecule has 1 atom stereocenters. The Hall–Kier alpha value is -2.12. The normalized spacial score (nSPS) is 12.2. The molecule has 0 amide bonds. The number of carbonyl (C=O) groups is 1. The Morgan fingerprint density at radius 3 is 2.78 bits per heavy atom. The minimum atomic E-state index is -0.945. The number of aromatic nitrogens is 2. The van der Waals surface area contributed by atoms with Gasteiger partial charge in [0.15, 0.2) is 0 Å². The van der Waals surface area contributed by atoms with E-state index in [1.165, 1.54) is 10.9 Å². The summed E-state index contributed by atoms with van der Waals surface area (Å²) in [5.74, 6) is -0.738. The van der Waals surface area contributed by atoms with Gasteiger partial charge in [-0.15, -0.1) is 5.10 Å². The molecule has 0 saturated heterocycles. The van der Waals surface area contributed by atoms with Crippen LogP contribution in [0, 0.1) is 10.1 Å². The predicted octanol–water partition coefficient (Wildman–Crippen LogP) is 1.02. The topological polar surface area (TPSA) is 102 Å². The van der Waals surface area contributed by atoms with Crippen molar-refractivity contribution >= 4 is 17.5 Å². The second kappa shape index (κ2) is 5.48. The summed E-state index contributed by atoms with van der Waals surface area (Å²) in [7, 11) is 1.59. The van der Waals surface area contributed by atoms with Gasteiger partial charge in [-0.1, -0.05) is 0 Å². The smallest absolute Gasteiger partial charge is 0.330 e. The third kappa shape index (κ3) is 2.96. The van der Waals surface area contributed by atoms with Crippen LogP contribution in [0.5, 0.6) is 0 Å². The quantitative estimate of drug-likeness (QED) is 0.602. The van der Waals surface area contributed by atoms with Crippen LogP contribution in [0.3, 0.4) is 0 Å². The molecule has 0 spiro atoms. The summed E-state index contributed by atoms with van der Waals surface area (Å²) in [6.45, 7) is 3.96. The van der Waals surface area contributed by atoms with Crippen molar-refractivity contribution in [2.24, 2.45) is 7.05 Å². The van der Waals surface area contributed by atoms with Crippen molar-refractivity contribution < 1.29 is 14.8 Å². The van der Waals surface area contributed by atoms with Crippen LogP contribution in [0.25, 0.3) is 0 Å². The molecule has 1 N–H and O–H groups in total. The fourth-order valence-electron chi connectivity index (χ4n) is 1.83. The standard InChI is InChI=1S/C10H16N4O4/c1-4-13(7(2)5-9(15)16)10-8(14(17)18)6-12(3)11-10/h6-7H,4-5H2,1-3H3,(H,15,16). The third-order valence-corrected chi connectivity index (χ3v) is 2.60. The van der Waals surface area contributed by atoms with Crippen molar-refractivity contribution in [3.05, 3.63) is 16.3 Å². The van der Waals surface area contributed by atoms with Crippen LogP contribution < -0.4 is 4.90 Å². The maximum absolute atomic E-state index is 10.9. The van der Waals surface area contributed by atoms with E-state index in [1.807, 2.05) is 0 Å². The SMILES string of the molecule is CCN(c1nn(C)cc1[N+](=O)[O-])C(C)CC(=O)O. The molecule has 0 aliphatic carbocycles. The Bertz CT molecular complexity index is 457. The van der Waals surface area contributed by atoms with Crippen LogP contribution in [0.4, 0.5) is 11.5 Å². The lowest BCUT2D eigenvalue weighted by Crippen LogP contribution is -2.35. The molecule has 0 fully saturated rings. The van der Waals surface area contributed by atoms with Gasteiger partial charge < -0.3 is 10.0 Å². The van der Waals surface area contributed by atoms with Crippen LogP contribution in [0.1, 0.15) is 20.3 Å². The van der Waals surface area contributed by atoms with Crippen LogP contribution >= 0.6 is 0 Å². The van der Waals surface area contributed by atoms with Gasteiger partial charge in [0.05, 0.1) is 11.3 Å². The molecular weight excluding hydrogens is 240 g/mol. The highest BCUT2D eigenvalue weighted by Crippen LogP contribution is 2.27. The first kappa shape index (κ1) is 13.9. The summed E-state index contributed by atoms with van der Waals surface area (Å²) in [6.07, 6.45) is 1.22. The van der Waals surface area contributed by atoms with E-state index in [-0.39, 0.29) is 24.0 Å². The Morgan fingerprint density at radius 2 is 2.33 bits per heavy atom. The molecule has 1 aromatic heterocycles. The van der Waals surface area contributed by atoms with Gasteiger partial charge in [-0.05, 0) is 13.8 Å². The summed E-state index contributed by atoms with van der Waals surface area (Å²) in [5, 5.41) is 23.7. The number of carboxylic acid groups (broad SMARTS) is 1. The third-order valence-electron chi connectivity index (χ3n) is 2.60. The molecule has 0 saturated carbocycles. The summed E-state index contributed by atoms with van der Waals surface area (Å²) < 4.78 is 1.35. The maximum atomic E-state index is 10.9. The van der Waals surface area contributed by atoms with Crippen LogP contribution in [-0.2, 0) is 11.8 Å². The van der Waals surface area contributed by atoms with Gasteiger partial charge in [0.25, 0.3) is 0 Å². The number of hydrogen-bond donors (Lipinski definition) is 1. The van der Waals surface area contributed by atoms with Crippen LogP contribution in [0.15, 0.2) is 6.20 Å². The van der Waals surface area contributed by atoms with E-state index in [9.17, 15) is 14.9 Å². The van der Waals surface area contributed by atoms with Gasteiger partial charge in [-0.2, -0.15) is 0 Å². The summed E-state index contributed by atoms with van der Waals surface area (Å²) in [6, 6.07) is -0.360. The molecule has 8 heteroatoms. The van der Waals surface area contributed by atoms with Crippen molar-refractivity contribution in [2.75, 3.05) is 11.4 Å². The lowest BCUT2D eigenvalue weighted by atomic mass is 10.2. The average molecular weight is 256 g/mol. The summed E-state index contributed by atoms with van der Waals surface area (Å²) in [5.41, 5.74) is -0.114. The molecule has 0 bridgehead atoms. The fourth-order valence-corrected chi connectivity index (χ4v) is 1.83. The van der Waals surface area contributed by atoms with Gasteiger partial charge >= 0.3 is 11.7 Å². The van der Waals surface area contributed by atoms with E-state index >= 15 is 0 Å². The van der Waals surface area contributed by atoms with Gasteiger partial charge in [-0.25, -0.2) is 0 Å². The van der Waals surface area contributed by atoms with Crippen molar-refractivity contribution in [3.63, 3.8) is 0 Å². The minimum Gasteiger partial charge on any atom is -0.481 e. The van der Waals surface area contributed by atoms with Crippen molar-refractivity contribution in [2.45, 2.75) is 26.3 Å². The molecule has 0 aliphatic heterocycles. The molecule has 1 heterocycles. The van der Waals surface area contributed by atoms with Crippen molar-refractivity contribution in [1.29, 1.82) is 0 Å². The predicted molar refractivity (Wildman–Crippen MR) is 64.6 cm³/mol. The lowest BCUT2D eigenvalue weighted by molar-refractivity contribution is -0.384. The van der Waals surface area contributed by atoms with E-state index < -0.39 is 10.9 Å². The van der Waals surface area contributed by atoms with Gasteiger partial charge in [0.2, 0.25) is 5.82 Å². The first-order chi connectivity index (χ1) is 8.36. The summed E-state index contributed by atoms with van der Waals surface area (Å²) in [4.78, 5) is 22.7. The molecule has 1 aromatic rings. The molecule has 1 rings (SSSR count). The maximum Gasteiger partial charge on any atom is 0.330 e. The number of rotatable bonds is 6. The molecule has 8 nitrogen and oxygen atoms in total. The molecule has 0 aliphatic rings. The zero-order chi connectivity index (χ0) is 13.9. The van der Waals surface area contributed by atoms with Crippen molar-refractivity contribution in [1.82, 2.24) is 9.78 Å². The van der Waals surface area contributed by atoms with Crippen LogP contribution in [-0.4, -0.2) is 38.4 Å². The highest BCUT2D eigenvalue weighted by molar-refractivity contribution is 5.69. The number of aliphatic carboxylic acids is 1. The Morgan fingerprint density at radius 1 is 1.72 bits per heavy atom. The minimum absolute atomic E-state index is 0.0957. The molecular formula is C10H16N4O4. The monoisotopic (exact) mass is 256 g/mol. The van der Waals surface area contributed by atoms with E-state index in [0.29, 0.717) is 6.54 Å². The number of aryl methyl sites for hydroxylation is 1. The van der Waals surface area contributed by atoms with Gasteiger partial charge in [0, 0.05) is 19.6 Å². The molecule has 18 heavy (non-hydrogen) atoms. The first-order valence-electron chi connectivity index (χ1n) is 5.53. The highest BCUT2D eigenvalue weighted by Gasteiger charge is 2.27. The fraction of sp³-hybridized carbons (Fsp3) is 0.600. The zero-order valence-corrected chi connectivity index (χ0v) is 10.5. The van der Waals surface area contributed by atoms with Crippen molar-refractivity contribution in [3.8, 4) is 0 Å². The number of nitrogens with zero attached hydrogens (tertiary/aromatic N) is 4. The second-order valence-corrected chi connectivity index (χ2v) is 4.00. The largest absolute Gasteiger partial charge is 0.481 e. The second-order valence-electron chi connectivity index (χ2n) is 4.00. The zero-order valence-electron chi connectivity index (χ0n) is 10.5. The molecule has 100 valence electrons. The van der Waals surface area contributed by atoms with E-state index in [1.54, 1.807) is 25.8 Å². The molecule has 0 radical (unpaired) electrons. The Balaban J connectivity index is 3.08. The van der Waals surface area contributed by atoms with Gasteiger partial charge in [-0.3, -0.25) is 19.6 Å². The Kier molecular flexibility index (Phi) is 4.24. The Labute approximate surface area is 104 Å². The molecule has 0 aromatic carbocycles.